The summed E-state index contributed by atoms with van der Waals surface area (Å²) in [5.74, 6) is -24.7. The van der Waals surface area contributed by atoms with Crippen LogP contribution >= 0.6 is 0 Å². The van der Waals surface area contributed by atoms with E-state index in [9.17, 15) is 49.4 Å². The normalized spacial score (nSPS) is 21.2. The number of hydrogen-bond donors (Lipinski definition) is 2. The molecule has 0 radical (unpaired) electrons. The van der Waals surface area contributed by atoms with E-state index in [4.69, 9.17) is 0 Å². The van der Waals surface area contributed by atoms with Gasteiger partial charge in [-0.1, -0.05) is 5.10 Å². The summed E-state index contributed by atoms with van der Waals surface area (Å²) < 4.78 is 123. The molecule has 27 heavy (non-hydrogen) atoms. The van der Waals surface area contributed by atoms with Crippen LogP contribution in [0, 0.1) is 0 Å². The van der Waals surface area contributed by atoms with Crippen LogP contribution in [0.4, 0.5) is 45.5 Å². The first-order valence-corrected chi connectivity index (χ1v) is 6.21. The molecule has 1 atom stereocenters. The third-order valence-electron chi connectivity index (χ3n) is 3.34. The van der Waals surface area contributed by atoms with Crippen LogP contribution in [-0.2, 0) is 15.3 Å². The summed E-state index contributed by atoms with van der Waals surface area (Å²) in [5, 5.41) is 20.9. The Bertz CT molecular complexity index is 790. The largest absolute Gasteiger partial charge is 0.464 e. The van der Waals surface area contributed by atoms with Gasteiger partial charge in [0.2, 0.25) is 5.71 Å². The van der Waals surface area contributed by atoms with E-state index in [-0.39, 0.29) is 0 Å². The maximum absolute atomic E-state index is 14.4. The number of nitrogens with one attached hydrogen (secondary N) is 1. The van der Waals surface area contributed by atoms with E-state index in [2.05, 4.69) is 25.4 Å². The van der Waals surface area contributed by atoms with Crippen molar-refractivity contribution >= 4 is 17.6 Å². The van der Waals surface area contributed by atoms with E-state index in [1.807, 2.05) is 0 Å². The molecule has 0 saturated heterocycles. The lowest BCUT2D eigenvalue weighted by molar-refractivity contribution is -0.419. The van der Waals surface area contributed by atoms with Crippen molar-refractivity contribution in [1.29, 1.82) is 0 Å². The monoisotopic (exact) mass is 416 g/mol. The Hall–Kier alpha value is -2.66. The van der Waals surface area contributed by atoms with Crippen molar-refractivity contribution in [2.75, 3.05) is 12.5 Å². The van der Waals surface area contributed by atoms with Crippen molar-refractivity contribution in [3.8, 4) is 0 Å². The predicted molar refractivity (Wildman–Crippen MR) is 62.0 cm³/mol. The van der Waals surface area contributed by atoms with Gasteiger partial charge in [-0.25, -0.2) is 10.2 Å². The van der Waals surface area contributed by atoms with Crippen LogP contribution in [0.2, 0.25) is 0 Å². The number of esters is 1. The number of halogens is 9. The fourth-order valence-electron chi connectivity index (χ4n) is 1.92. The van der Waals surface area contributed by atoms with E-state index in [1.165, 1.54) is 0 Å². The molecule has 152 valence electrons. The summed E-state index contributed by atoms with van der Waals surface area (Å²) in [4.78, 5) is 11.5. The molecule has 0 saturated carbocycles. The van der Waals surface area contributed by atoms with Gasteiger partial charge in [0.05, 0.1) is 7.11 Å². The summed E-state index contributed by atoms with van der Waals surface area (Å²) in [5.41, 5.74) is -5.48. The number of rotatable bonds is 4. The minimum Gasteiger partial charge on any atom is -0.464 e. The molecule has 1 aromatic rings. The first kappa shape index (κ1) is 20.6. The maximum Gasteiger partial charge on any atom is 0.460 e. The minimum absolute atomic E-state index is 0.487. The number of carbonyl (C=O) groups is 1. The SMILES string of the molecule is COC(=O)C1=NNc2nnnn2C1(O)C(F)(F)C(F)(F)C(F)(F)C(F)(F)F. The first-order chi connectivity index (χ1) is 12.1. The third-order valence-corrected chi connectivity index (χ3v) is 3.34. The fourth-order valence-corrected chi connectivity index (χ4v) is 1.92. The van der Waals surface area contributed by atoms with Gasteiger partial charge in [0.1, 0.15) is 0 Å². The second kappa shape index (κ2) is 5.67. The van der Waals surface area contributed by atoms with E-state index in [1.54, 1.807) is 5.43 Å². The van der Waals surface area contributed by atoms with Crippen LogP contribution in [0.25, 0.3) is 0 Å². The molecule has 1 aromatic heterocycles. The highest BCUT2D eigenvalue weighted by atomic mass is 19.4. The number of aromatic nitrogens is 4. The van der Waals surface area contributed by atoms with Gasteiger partial charge in [-0.05, 0) is 10.4 Å². The standard InChI is InChI=1S/C9H5F9N6O3/c1-27-3(25)2-5(26,24-4(20-19-2)21-22-23-24)6(10,11)7(12,13)8(14,15)9(16,17)18/h26H,1H3,(H,20,21,23). The number of ether oxygens (including phenoxy) is 1. The van der Waals surface area contributed by atoms with Gasteiger partial charge in [-0.15, -0.1) is 0 Å². The molecule has 9 nitrogen and oxygen atoms in total. The van der Waals surface area contributed by atoms with Gasteiger partial charge in [0.15, 0.2) is 0 Å². The molecule has 2 rings (SSSR count). The van der Waals surface area contributed by atoms with Crippen LogP contribution in [0.5, 0.6) is 0 Å². The van der Waals surface area contributed by atoms with Gasteiger partial charge >= 0.3 is 29.9 Å². The second-order valence-electron chi connectivity index (χ2n) is 4.87. The summed E-state index contributed by atoms with van der Waals surface area (Å²) in [6.45, 7) is 0. The second-order valence-corrected chi connectivity index (χ2v) is 4.87. The summed E-state index contributed by atoms with van der Waals surface area (Å²) in [7, 11) is 0.487. The highest BCUT2D eigenvalue weighted by molar-refractivity contribution is 6.39. The van der Waals surface area contributed by atoms with Crippen LogP contribution in [-0.4, -0.2) is 68.0 Å². The molecule has 1 unspecified atom stereocenters. The number of tetrazole rings is 1. The summed E-state index contributed by atoms with van der Waals surface area (Å²) >= 11 is 0. The summed E-state index contributed by atoms with van der Waals surface area (Å²) in [6, 6.07) is 0. The smallest absolute Gasteiger partial charge is 0.460 e. The van der Waals surface area contributed by atoms with Crippen molar-refractivity contribution in [2.24, 2.45) is 5.10 Å². The number of carbonyl (C=O) groups excluding carboxylic acids is 1. The molecule has 0 amide bonds. The lowest BCUT2D eigenvalue weighted by Gasteiger charge is -2.42. The molecular weight excluding hydrogens is 411 g/mol. The van der Waals surface area contributed by atoms with Crippen molar-refractivity contribution < 1.29 is 54.2 Å². The molecule has 18 heteroatoms. The average Bonchev–Trinajstić information content (AvgIpc) is 3.02. The van der Waals surface area contributed by atoms with Crippen molar-refractivity contribution in [3.63, 3.8) is 0 Å². The van der Waals surface area contributed by atoms with Gasteiger partial charge in [-0.3, -0.25) is 0 Å². The molecular formula is C9H5F9N6O3. The Morgan fingerprint density at radius 1 is 1.11 bits per heavy atom. The van der Waals surface area contributed by atoms with Crippen LogP contribution in [0.1, 0.15) is 0 Å². The van der Waals surface area contributed by atoms with Gasteiger partial charge in [-0.2, -0.15) is 49.3 Å². The fraction of sp³-hybridized carbons (Fsp3) is 0.667. The molecule has 0 bridgehead atoms. The number of nitrogens with zero attached hydrogens (tertiary/aromatic N) is 5. The molecule has 0 aromatic carbocycles. The Morgan fingerprint density at radius 2 is 1.67 bits per heavy atom. The molecule has 2 N–H and O–H groups in total. The predicted octanol–water partition coefficient (Wildman–Crippen LogP) is 0.741. The summed E-state index contributed by atoms with van der Waals surface area (Å²) in [6.07, 6.45) is -7.16. The minimum atomic E-state index is -7.35. The Labute approximate surface area is 140 Å². The first-order valence-electron chi connectivity index (χ1n) is 6.21. The average molecular weight is 416 g/mol. The van der Waals surface area contributed by atoms with E-state index < -0.39 is 52.0 Å². The number of hydrazone groups is 1. The van der Waals surface area contributed by atoms with E-state index in [0.717, 1.165) is 0 Å². The zero-order valence-corrected chi connectivity index (χ0v) is 12.4. The third kappa shape index (κ3) is 2.42. The van der Waals surface area contributed by atoms with E-state index in [0.29, 0.717) is 7.11 Å². The number of fused-ring (bicyclic) bond motifs is 1. The van der Waals surface area contributed by atoms with Gasteiger partial charge in [0, 0.05) is 0 Å². The van der Waals surface area contributed by atoms with Gasteiger partial charge < -0.3 is 9.84 Å². The quantitative estimate of drug-likeness (QED) is 0.550. The number of aliphatic hydroxyl groups is 1. The van der Waals surface area contributed by atoms with Gasteiger partial charge in [0.25, 0.3) is 11.7 Å². The van der Waals surface area contributed by atoms with Crippen molar-refractivity contribution in [3.05, 3.63) is 0 Å². The lowest BCUT2D eigenvalue weighted by atomic mass is 9.90. The topological polar surface area (TPSA) is 115 Å². The number of hydrogen-bond acceptors (Lipinski definition) is 8. The molecule has 1 aliphatic rings. The zero-order valence-electron chi connectivity index (χ0n) is 12.4. The maximum atomic E-state index is 14.4. The Balaban J connectivity index is 2.78. The van der Waals surface area contributed by atoms with Crippen molar-refractivity contribution in [1.82, 2.24) is 20.2 Å². The number of methoxy groups -OCH3 is 1. The highest BCUT2D eigenvalue weighted by Gasteiger charge is 2.88. The molecule has 0 aliphatic carbocycles. The molecule has 1 aliphatic heterocycles. The Kier molecular flexibility index (Phi) is 4.33. The van der Waals surface area contributed by atoms with E-state index >= 15 is 0 Å². The Morgan fingerprint density at radius 3 is 2.15 bits per heavy atom. The van der Waals surface area contributed by atoms with Crippen LogP contribution < -0.4 is 5.43 Å². The number of alkyl halides is 9. The highest BCUT2D eigenvalue weighted by Crippen LogP contribution is 2.57. The van der Waals surface area contributed by atoms with Crippen LogP contribution in [0.3, 0.4) is 0 Å². The molecule has 0 fully saturated rings. The molecule has 2 heterocycles. The van der Waals surface area contributed by atoms with Crippen molar-refractivity contribution in [2.45, 2.75) is 29.7 Å². The lowest BCUT2D eigenvalue weighted by Crippen LogP contribution is -2.72. The number of anilines is 1. The van der Waals surface area contributed by atoms with Crippen LogP contribution in [0.15, 0.2) is 5.10 Å². The zero-order chi connectivity index (χ0) is 21.1. The molecule has 0 spiro atoms.